The van der Waals surface area contributed by atoms with Gasteiger partial charge in [-0.25, -0.2) is 0 Å². The number of likely N-dealkylation sites (N-methyl/N-ethyl adjacent to an activating group) is 1. The highest BCUT2D eigenvalue weighted by Crippen LogP contribution is 2.16. The molecule has 0 aliphatic carbocycles. The second-order valence-electron chi connectivity index (χ2n) is 10.5. The van der Waals surface area contributed by atoms with Gasteiger partial charge in [0.2, 0.25) is 17.7 Å². The number of benzene rings is 2. The monoisotopic (exact) mass is 532 g/mol. The number of aryl methyl sites for hydroxylation is 1. The molecule has 0 saturated carbocycles. The number of nitrogens with one attached hydrogen (secondary N) is 3. The lowest BCUT2D eigenvalue weighted by atomic mass is 9.96. The second kappa shape index (κ2) is 15.2. The summed E-state index contributed by atoms with van der Waals surface area (Å²) in [5, 5.41) is 9.37. The molecular formula is C32H44N4O3. The Balaban J connectivity index is 1.86. The molecule has 7 nitrogen and oxygen atoms in total. The minimum absolute atomic E-state index is 0.108. The van der Waals surface area contributed by atoms with E-state index in [1.165, 1.54) is 16.0 Å². The highest BCUT2D eigenvalue weighted by molar-refractivity contribution is 5.93. The van der Waals surface area contributed by atoms with Crippen molar-refractivity contribution in [3.05, 3.63) is 77.4 Å². The molecule has 1 aliphatic rings. The molecule has 3 amide bonds. The van der Waals surface area contributed by atoms with E-state index in [0.29, 0.717) is 25.9 Å². The van der Waals surface area contributed by atoms with Crippen LogP contribution in [0.2, 0.25) is 0 Å². The van der Waals surface area contributed by atoms with Gasteiger partial charge in [0, 0.05) is 20.0 Å². The maximum atomic E-state index is 13.6. The topological polar surface area (TPSA) is 90.5 Å². The van der Waals surface area contributed by atoms with Crippen molar-refractivity contribution in [2.24, 2.45) is 5.92 Å². The van der Waals surface area contributed by atoms with Gasteiger partial charge in [0.05, 0.1) is 6.04 Å². The predicted molar refractivity (Wildman–Crippen MR) is 157 cm³/mol. The zero-order chi connectivity index (χ0) is 28.2. The first kappa shape index (κ1) is 30.1. The van der Waals surface area contributed by atoms with Gasteiger partial charge < -0.3 is 20.9 Å². The van der Waals surface area contributed by atoms with Gasteiger partial charge in [-0.05, 0) is 55.3 Å². The van der Waals surface area contributed by atoms with Crippen molar-refractivity contribution in [3.63, 3.8) is 0 Å². The van der Waals surface area contributed by atoms with Crippen LogP contribution >= 0.6 is 0 Å². The molecule has 1 aliphatic heterocycles. The Morgan fingerprint density at radius 1 is 0.974 bits per heavy atom. The lowest BCUT2D eigenvalue weighted by Crippen LogP contribution is -2.57. The Labute approximate surface area is 233 Å². The van der Waals surface area contributed by atoms with Crippen LogP contribution in [0.5, 0.6) is 0 Å². The van der Waals surface area contributed by atoms with Crippen LogP contribution in [0.4, 0.5) is 0 Å². The van der Waals surface area contributed by atoms with Crippen LogP contribution < -0.4 is 16.0 Å². The summed E-state index contributed by atoms with van der Waals surface area (Å²) in [6.45, 7) is 7.00. The van der Waals surface area contributed by atoms with Gasteiger partial charge >= 0.3 is 0 Å². The molecule has 0 aromatic heterocycles. The van der Waals surface area contributed by atoms with Crippen LogP contribution in [0.15, 0.2) is 60.7 Å². The van der Waals surface area contributed by atoms with E-state index in [2.05, 4.69) is 60.1 Å². The van der Waals surface area contributed by atoms with Crippen LogP contribution in [-0.2, 0) is 27.2 Å². The molecule has 2 aromatic carbocycles. The summed E-state index contributed by atoms with van der Waals surface area (Å²) in [5.74, 6) is -0.592. The third-order valence-corrected chi connectivity index (χ3v) is 7.65. The molecule has 3 rings (SSSR count). The fourth-order valence-corrected chi connectivity index (χ4v) is 4.78. The summed E-state index contributed by atoms with van der Waals surface area (Å²) >= 11 is 0. The Kier molecular flexibility index (Phi) is 11.7. The Morgan fingerprint density at radius 3 is 2.44 bits per heavy atom. The molecule has 0 bridgehead atoms. The van der Waals surface area contributed by atoms with Gasteiger partial charge in [-0.15, -0.1) is 0 Å². The summed E-state index contributed by atoms with van der Waals surface area (Å²) in [5.41, 5.74) is 3.37. The van der Waals surface area contributed by atoms with E-state index in [1.807, 2.05) is 36.4 Å². The highest BCUT2D eigenvalue weighted by atomic mass is 16.2. The summed E-state index contributed by atoms with van der Waals surface area (Å²) in [4.78, 5) is 41.6. The van der Waals surface area contributed by atoms with E-state index in [1.54, 1.807) is 14.0 Å². The van der Waals surface area contributed by atoms with E-state index in [4.69, 9.17) is 0 Å². The van der Waals surface area contributed by atoms with Gasteiger partial charge in [-0.2, -0.15) is 0 Å². The number of hydrogen-bond acceptors (Lipinski definition) is 4. The average Bonchev–Trinajstić information content (AvgIpc) is 2.95. The second-order valence-corrected chi connectivity index (χ2v) is 10.5. The molecule has 0 unspecified atom stereocenters. The van der Waals surface area contributed by atoms with E-state index in [-0.39, 0.29) is 23.6 Å². The van der Waals surface area contributed by atoms with E-state index in [9.17, 15) is 14.4 Å². The molecule has 3 N–H and O–H groups in total. The van der Waals surface area contributed by atoms with Crippen molar-refractivity contribution < 1.29 is 14.4 Å². The first-order chi connectivity index (χ1) is 18.8. The molecule has 0 saturated heterocycles. The van der Waals surface area contributed by atoms with Gasteiger partial charge in [0.25, 0.3) is 0 Å². The van der Waals surface area contributed by atoms with Crippen molar-refractivity contribution in [2.45, 2.75) is 71.0 Å². The van der Waals surface area contributed by atoms with E-state index in [0.717, 1.165) is 24.8 Å². The smallest absolute Gasteiger partial charge is 0.243 e. The Hall–Kier alpha value is -3.45. The molecule has 0 radical (unpaired) electrons. The van der Waals surface area contributed by atoms with Gasteiger partial charge in [0.15, 0.2) is 0 Å². The van der Waals surface area contributed by atoms with Crippen molar-refractivity contribution in [2.75, 3.05) is 20.1 Å². The molecular weight excluding hydrogens is 488 g/mol. The number of rotatable bonds is 4. The summed E-state index contributed by atoms with van der Waals surface area (Å²) in [6.07, 6.45) is 7.84. The maximum absolute atomic E-state index is 13.6. The van der Waals surface area contributed by atoms with Crippen LogP contribution in [0.25, 0.3) is 6.08 Å². The minimum Gasteiger partial charge on any atom is -0.354 e. The van der Waals surface area contributed by atoms with Crippen LogP contribution in [0, 0.1) is 5.92 Å². The summed E-state index contributed by atoms with van der Waals surface area (Å²) < 4.78 is 0. The highest BCUT2D eigenvalue weighted by Gasteiger charge is 2.32. The zero-order valence-corrected chi connectivity index (χ0v) is 23.8. The lowest BCUT2D eigenvalue weighted by molar-refractivity contribution is -0.141. The third kappa shape index (κ3) is 8.79. The van der Waals surface area contributed by atoms with Crippen molar-refractivity contribution in [1.29, 1.82) is 0 Å². The predicted octanol–water partition coefficient (Wildman–Crippen LogP) is 3.73. The maximum Gasteiger partial charge on any atom is 0.243 e. The van der Waals surface area contributed by atoms with Crippen molar-refractivity contribution in [3.8, 4) is 0 Å². The zero-order valence-electron chi connectivity index (χ0n) is 23.8. The number of carbonyl (C=O) groups excluding carboxylic acids is 3. The molecule has 39 heavy (non-hydrogen) atoms. The molecule has 4 atom stereocenters. The van der Waals surface area contributed by atoms with E-state index >= 15 is 0 Å². The molecule has 210 valence electrons. The molecule has 1 heterocycles. The Bertz CT molecular complexity index is 1120. The lowest BCUT2D eigenvalue weighted by Gasteiger charge is -2.32. The third-order valence-electron chi connectivity index (χ3n) is 7.65. The quantitative estimate of drug-likeness (QED) is 0.560. The fourth-order valence-electron chi connectivity index (χ4n) is 4.78. The van der Waals surface area contributed by atoms with Gasteiger partial charge in [-0.1, -0.05) is 87.0 Å². The van der Waals surface area contributed by atoms with E-state index < -0.39 is 18.1 Å². The SMILES string of the molecule is CC[C@H](C)[C@@H]1NCCCc2ccccc2/C=C\CCNC(=O)[C@@H](Cc2ccccc2)NC(=O)[C@@H](C)N(C)C1=O. The van der Waals surface area contributed by atoms with Crippen molar-refractivity contribution >= 4 is 23.8 Å². The van der Waals surface area contributed by atoms with Crippen LogP contribution in [0.3, 0.4) is 0 Å². The van der Waals surface area contributed by atoms with Crippen LogP contribution in [0.1, 0.15) is 56.7 Å². The molecule has 2 aromatic rings. The Morgan fingerprint density at radius 2 is 1.69 bits per heavy atom. The minimum atomic E-state index is -0.749. The normalized spacial score (nSPS) is 23.8. The van der Waals surface area contributed by atoms with Gasteiger partial charge in [0.1, 0.15) is 12.1 Å². The first-order valence-corrected chi connectivity index (χ1v) is 14.2. The largest absolute Gasteiger partial charge is 0.354 e. The summed E-state index contributed by atoms with van der Waals surface area (Å²) in [7, 11) is 1.67. The summed E-state index contributed by atoms with van der Waals surface area (Å²) in [6, 6.07) is 16.1. The number of hydrogen-bond donors (Lipinski definition) is 3. The van der Waals surface area contributed by atoms with Crippen molar-refractivity contribution in [1.82, 2.24) is 20.9 Å². The molecule has 7 heteroatoms. The molecule has 0 fully saturated rings. The standard InChI is InChI=1S/C32H44N4O3/c1-5-23(2)29-32(39)36(4)24(3)30(37)35-28(22-25-14-7-6-8-15-25)31(38)34-20-12-11-18-26-16-9-10-17-27(26)19-13-21-33-29/h6-11,14-18,23-24,28-29,33H,5,12-13,19-22H2,1-4H3,(H,34,38)(H,35,37)/b18-11-/t23-,24+,28+,29-/m0/s1. The number of fused-ring (bicyclic) bond motifs is 1. The molecule has 0 spiro atoms. The fraction of sp³-hybridized carbons (Fsp3) is 0.469. The average molecular weight is 533 g/mol. The first-order valence-electron chi connectivity index (χ1n) is 14.2. The number of nitrogens with zero attached hydrogens (tertiary/aromatic N) is 1. The van der Waals surface area contributed by atoms with Crippen LogP contribution in [-0.4, -0.2) is 60.9 Å². The number of amides is 3. The number of carbonyl (C=O) groups is 3. The van der Waals surface area contributed by atoms with Gasteiger partial charge in [-0.3, -0.25) is 14.4 Å².